The first kappa shape index (κ1) is 14.7. The highest BCUT2D eigenvalue weighted by atomic mass is 79.9. The van der Waals surface area contributed by atoms with Gasteiger partial charge < -0.3 is 21.7 Å². The van der Waals surface area contributed by atoms with Crippen LogP contribution in [0.5, 0.6) is 0 Å². The zero-order valence-electron chi connectivity index (χ0n) is 7.18. The van der Waals surface area contributed by atoms with Crippen LogP contribution in [0.15, 0.2) is 12.7 Å². The van der Waals surface area contributed by atoms with Gasteiger partial charge in [-0.15, -0.1) is 6.58 Å². The fraction of sp³-hybridized carbons (Fsp3) is 0.571. The van der Waals surface area contributed by atoms with Gasteiger partial charge in [0.25, 0.3) is 0 Å². The van der Waals surface area contributed by atoms with E-state index in [1.165, 1.54) is 0 Å². The van der Waals surface area contributed by atoms with Crippen molar-refractivity contribution in [3.05, 3.63) is 12.7 Å². The summed E-state index contributed by atoms with van der Waals surface area (Å²) in [6, 6.07) is 0. The molecular formula is C7H15BrN2OS. The molecule has 0 aromatic heterocycles. The largest absolute Gasteiger partial charge is 1.00 e. The highest BCUT2D eigenvalue weighted by molar-refractivity contribution is 7.78. The van der Waals surface area contributed by atoms with E-state index in [4.69, 9.17) is 10.5 Å². The lowest BCUT2D eigenvalue weighted by Crippen LogP contribution is -3.00. The van der Waals surface area contributed by atoms with Gasteiger partial charge in [0.15, 0.2) is 0 Å². The highest BCUT2D eigenvalue weighted by Crippen LogP contribution is 1.68. The minimum Gasteiger partial charge on any atom is -1.00 e. The van der Waals surface area contributed by atoms with Crippen molar-refractivity contribution in [2.75, 3.05) is 26.0 Å². The summed E-state index contributed by atoms with van der Waals surface area (Å²) in [4.78, 5) is 0. The lowest BCUT2D eigenvalue weighted by atomic mass is 10.6. The van der Waals surface area contributed by atoms with Gasteiger partial charge in [-0.1, -0.05) is 6.08 Å². The van der Waals surface area contributed by atoms with Gasteiger partial charge in [0.1, 0.15) is 6.61 Å². The average Bonchev–Trinajstić information content (AvgIpc) is 2.01. The Balaban J connectivity index is 0. The summed E-state index contributed by atoms with van der Waals surface area (Å²) in [5, 5.41) is 3.70. The minimum absolute atomic E-state index is 0. The van der Waals surface area contributed by atoms with Crippen LogP contribution in [0.25, 0.3) is 0 Å². The van der Waals surface area contributed by atoms with Crippen LogP contribution in [0.4, 0.5) is 0 Å². The van der Waals surface area contributed by atoms with E-state index in [-0.39, 0.29) is 17.0 Å². The maximum absolute atomic E-state index is 5.57. The molecule has 0 fully saturated rings. The van der Waals surface area contributed by atoms with Gasteiger partial charge >= 0.3 is 5.11 Å². The van der Waals surface area contributed by atoms with Crippen LogP contribution in [0.3, 0.4) is 0 Å². The van der Waals surface area contributed by atoms with E-state index in [0.29, 0.717) is 6.54 Å². The number of rotatable bonds is 5. The van der Waals surface area contributed by atoms with Crippen LogP contribution < -0.4 is 28.0 Å². The lowest BCUT2D eigenvalue weighted by molar-refractivity contribution is -0.00000281. The summed E-state index contributed by atoms with van der Waals surface area (Å²) in [7, 11) is 1.67. The average molecular weight is 255 g/mol. The van der Waals surface area contributed by atoms with E-state index in [1.807, 2.05) is 0 Å². The summed E-state index contributed by atoms with van der Waals surface area (Å²) in [6.07, 6.45) is 1.77. The van der Waals surface area contributed by atoms with Gasteiger partial charge in [-0.05, 0) is 0 Å². The Morgan fingerprint density at radius 1 is 1.75 bits per heavy atom. The third-order valence-corrected chi connectivity index (χ3v) is 1.79. The molecule has 0 radical (unpaired) electrons. The van der Waals surface area contributed by atoms with Crippen molar-refractivity contribution in [3.63, 3.8) is 0 Å². The highest BCUT2D eigenvalue weighted by Gasteiger charge is 2.01. The maximum atomic E-state index is 5.57. The van der Waals surface area contributed by atoms with Crippen molar-refractivity contribution in [3.8, 4) is 0 Å². The molecule has 0 rings (SSSR count). The third-order valence-electron chi connectivity index (χ3n) is 0.966. The molecule has 0 aromatic rings. The molecule has 0 spiro atoms. The molecule has 12 heavy (non-hydrogen) atoms. The molecule has 3 N–H and O–H groups in total. The molecule has 0 aliphatic heterocycles. The van der Waals surface area contributed by atoms with Gasteiger partial charge in [-0.3, -0.25) is 0 Å². The smallest absolute Gasteiger partial charge is 0.317 e. The minimum atomic E-state index is 0. The van der Waals surface area contributed by atoms with E-state index >= 15 is 0 Å². The van der Waals surface area contributed by atoms with Crippen molar-refractivity contribution in [2.45, 2.75) is 0 Å². The summed E-state index contributed by atoms with van der Waals surface area (Å²) in [5.41, 5.74) is 5.57. The molecule has 3 nitrogen and oxygen atoms in total. The predicted molar refractivity (Wildman–Crippen MR) is 51.5 cm³/mol. The Labute approximate surface area is 88.1 Å². The Bertz CT molecular complexity index is 141. The van der Waals surface area contributed by atoms with Crippen LogP contribution in [-0.4, -0.2) is 31.1 Å². The van der Waals surface area contributed by atoms with E-state index in [9.17, 15) is 0 Å². The molecule has 0 atom stereocenters. The van der Waals surface area contributed by atoms with Crippen molar-refractivity contribution >= 4 is 16.5 Å². The first-order valence-electron chi connectivity index (χ1n) is 3.40. The molecular weight excluding hydrogens is 240 g/mol. The van der Waals surface area contributed by atoms with Crippen molar-refractivity contribution in [1.29, 1.82) is 0 Å². The molecule has 0 aromatic carbocycles. The van der Waals surface area contributed by atoms with Crippen LogP contribution in [0, 0.1) is 0 Å². The van der Waals surface area contributed by atoms with Crippen LogP contribution in [0.1, 0.15) is 0 Å². The van der Waals surface area contributed by atoms with Crippen LogP contribution in [0.2, 0.25) is 0 Å². The normalized spacial score (nSPS) is 10.7. The number of hydrogen-bond acceptors (Lipinski definition) is 1. The number of halogens is 1. The fourth-order valence-electron chi connectivity index (χ4n) is 0.459. The van der Waals surface area contributed by atoms with E-state index in [2.05, 4.69) is 11.9 Å². The SMILES string of the molecule is C=CCN/C(N)=[S+]\CCOC.[Br-]. The predicted octanol–water partition coefficient (Wildman–Crippen LogP) is -3.46. The quantitative estimate of drug-likeness (QED) is 0.232. The molecule has 72 valence electrons. The molecule has 0 unspecified atom stereocenters. The van der Waals surface area contributed by atoms with E-state index < -0.39 is 0 Å². The number of hydrogen-bond donors (Lipinski definition) is 2. The second kappa shape index (κ2) is 11.2. The zero-order chi connectivity index (χ0) is 8.53. The van der Waals surface area contributed by atoms with Gasteiger partial charge in [0.05, 0.1) is 0 Å². The van der Waals surface area contributed by atoms with Crippen molar-refractivity contribution in [1.82, 2.24) is 5.32 Å². The number of ether oxygens (including phenoxy) is 1. The van der Waals surface area contributed by atoms with Gasteiger partial charge in [0.2, 0.25) is 17.1 Å². The van der Waals surface area contributed by atoms with Crippen molar-refractivity contribution < 1.29 is 21.7 Å². The Morgan fingerprint density at radius 3 is 2.92 bits per heavy atom. The fourth-order valence-corrected chi connectivity index (χ4v) is 1.11. The second-order valence-corrected chi connectivity index (χ2v) is 3.01. The van der Waals surface area contributed by atoms with Gasteiger partial charge in [-0.25, -0.2) is 11.1 Å². The van der Waals surface area contributed by atoms with Crippen LogP contribution in [-0.2, 0) is 16.1 Å². The summed E-state index contributed by atoms with van der Waals surface area (Å²) in [6.45, 7) is 5.00. The van der Waals surface area contributed by atoms with E-state index in [0.717, 1.165) is 17.5 Å². The first-order valence-corrected chi connectivity index (χ1v) is 4.38. The van der Waals surface area contributed by atoms with E-state index in [1.54, 1.807) is 24.5 Å². The lowest BCUT2D eigenvalue weighted by Gasteiger charge is -1.88. The number of nitrogens with two attached hydrogens (primary N) is 1. The standard InChI is InChI=1S/C7H15N2OS.BrH/c1-3-4-9-7(8)11-6-5-10-2;/h3,9H,1,4-6,8H2,2H3;1H/q+1;/p-1. The first-order chi connectivity index (χ1) is 5.31. The molecule has 5 heteroatoms. The molecule has 0 aliphatic rings. The summed E-state index contributed by atoms with van der Waals surface area (Å²) < 4.78 is 4.86. The topological polar surface area (TPSA) is 47.3 Å². The van der Waals surface area contributed by atoms with Gasteiger partial charge in [-0.2, -0.15) is 0 Å². The maximum Gasteiger partial charge on any atom is 0.317 e. The Kier molecular flexibility index (Phi) is 13.7. The number of methoxy groups -OCH3 is 1. The van der Waals surface area contributed by atoms with Crippen molar-refractivity contribution in [2.24, 2.45) is 5.73 Å². The summed E-state index contributed by atoms with van der Waals surface area (Å²) in [5.74, 6) is 0.881. The molecule has 0 saturated heterocycles. The molecule has 0 amide bonds. The molecule has 0 saturated carbocycles. The monoisotopic (exact) mass is 254 g/mol. The third kappa shape index (κ3) is 10.2. The Morgan fingerprint density at radius 2 is 2.42 bits per heavy atom. The Hall–Kier alpha value is 0.190. The molecule has 0 heterocycles. The number of nitrogens with one attached hydrogen (secondary N) is 1. The zero-order valence-corrected chi connectivity index (χ0v) is 9.58. The molecule has 0 aliphatic carbocycles. The van der Waals surface area contributed by atoms with Gasteiger partial charge in [0, 0.05) is 13.7 Å². The summed E-state index contributed by atoms with van der Waals surface area (Å²) >= 11 is 1.55. The second-order valence-electron chi connectivity index (χ2n) is 1.88. The van der Waals surface area contributed by atoms with Crippen LogP contribution >= 0.6 is 0 Å². The molecule has 0 bridgehead atoms.